The van der Waals surface area contributed by atoms with Crippen molar-refractivity contribution in [3.63, 3.8) is 0 Å². The van der Waals surface area contributed by atoms with Crippen LogP contribution < -0.4 is 0 Å². The molecule has 188 valence electrons. The second kappa shape index (κ2) is 10.5. The van der Waals surface area contributed by atoms with E-state index >= 15 is 0 Å². The van der Waals surface area contributed by atoms with E-state index in [4.69, 9.17) is 0 Å². The average Bonchev–Trinajstić information content (AvgIpc) is 2.91. The molecule has 0 aliphatic rings. The number of hydrogen-bond acceptors (Lipinski definition) is 5. The molecule has 0 aliphatic heterocycles. The molecule has 0 spiro atoms. The summed E-state index contributed by atoms with van der Waals surface area (Å²) in [5.41, 5.74) is -6.11. The summed E-state index contributed by atoms with van der Waals surface area (Å²) in [6, 6.07) is 11.6. The van der Waals surface area contributed by atoms with Crippen molar-refractivity contribution in [2.45, 2.75) is 12.9 Å². The Hall–Kier alpha value is -5.03. The van der Waals surface area contributed by atoms with E-state index in [-0.39, 0.29) is 11.1 Å². The molecule has 2 aromatic carbocycles. The molecular formula is C27H12F6N4O. The fourth-order valence-corrected chi connectivity index (χ4v) is 4.07. The molecule has 0 saturated heterocycles. The lowest BCUT2D eigenvalue weighted by Gasteiger charge is -2.18. The summed E-state index contributed by atoms with van der Waals surface area (Å²) in [6.07, 6.45) is -4.79. The summed E-state index contributed by atoms with van der Waals surface area (Å²) in [4.78, 5) is 21.1. The number of nitriles is 2. The molecule has 0 N–H and O–H groups in total. The van der Waals surface area contributed by atoms with Crippen molar-refractivity contribution in [3.8, 4) is 34.4 Å². The highest BCUT2D eigenvalue weighted by atomic mass is 19.3. The predicted molar refractivity (Wildman–Crippen MR) is 122 cm³/mol. The number of ketones is 1. The maximum atomic E-state index is 14.4. The molecule has 2 heterocycles. The minimum Gasteiger partial charge on any atom is -0.289 e. The maximum absolute atomic E-state index is 14.4. The molecule has 0 bridgehead atoms. The number of halogens is 6. The zero-order chi connectivity index (χ0) is 27.6. The molecule has 38 heavy (non-hydrogen) atoms. The topological polar surface area (TPSA) is 90.4 Å². The van der Waals surface area contributed by atoms with Gasteiger partial charge in [0.1, 0.15) is 35.2 Å². The Labute approximate surface area is 211 Å². The van der Waals surface area contributed by atoms with Crippen molar-refractivity contribution in [2.24, 2.45) is 0 Å². The lowest BCUT2D eigenvalue weighted by molar-refractivity contribution is 0.103. The molecule has 2 aromatic heterocycles. The van der Waals surface area contributed by atoms with Gasteiger partial charge in [-0.05, 0) is 24.3 Å². The first-order chi connectivity index (χ1) is 18.2. The number of nitrogens with zero attached hydrogens (tertiary/aromatic N) is 4. The Morgan fingerprint density at radius 1 is 0.684 bits per heavy atom. The van der Waals surface area contributed by atoms with Crippen LogP contribution in [0, 0.1) is 34.3 Å². The van der Waals surface area contributed by atoms with Gasteiger partial charge in [0.05, 0.1) is 11.1 Å². The summed E-state index contributed by atoms with van der Waals surface area (Å²) >= 11 is 0. The van der Waals surface area contributed by atoms with E-state index in [1.165, 1.54) is 0 Å². The highest BCUT2D eigenvalue weighted by Crippen LogP contribution is 2.40. The Bertz CT molecular complexity index is 1540. The van der Waals surface area contributed by atoms with Gasteiger partial charge in [0.15, 0.2) is 5.78 Å². The van der Waals surface area contributed by atoms with Crippen LogP contribution in [-0.2, 0) is 0 Å². The third-order valence-corrected chi connectivity index (χ3v) is 5.65. The average molecular weight is 522 g/mol. The first-order valence-corrected chi connectivity index (χ1v) is 10.7. The van der Waals surface area contributed by atoms with Gasteiger partial charge in [-0.25, -0.2) is 26.3 Å². The van der Waals surface area contributed by atoms with Gasteiger partial charge in [-0.1, -0.05) is 24.3 Å². The number of benzene rings is 2. The van der Waals surface area contributed by atoms with E-state index in [0.29, 0.717) is 0 Å². The molecule has 0 saturated carbocycles. The van der Waals surface area contributed by atoms with E-state index in [9.17, 15) is 41.7 Å². The first-order valence-electron chi connectivity index (χ1n) is 10.7. The van der Waals surface area contributed by atoms with Crippen LogP contribution in [-0.4, -0.2) is 15.8 Å². The van der Waals surface area contributed by atoms with Crippen LogP contribution >= 0.6 is 0 Å². The summed E-state index contributed by atoms with van der Waals surface area (Å²) in [6.45, 7) is 0. The maximum Gasteiger partial charge on any atom is 0.280 e. The minimum absolute atomic E-state index is 0.368. The zero-order valence-electron chi connectivity index (χ0n) is 18.9. The van der Waals surface area contributed by atoms with Gasteiger partial charge < -0.3 is 0 Å². The lowest BCUT2D eigenvalue weighted by Crippen LogP contribution is -2.12. The highest BCUT2D eigenvalue weighted by Gasteiger charge is 2.30. The Balaban J connectivity index is 2.09. The van der Waals surface area contributed by atoms with E-state index < -0.39 is 75.0 Å². The van der Waals surface area contributed by atoms with Crippen molar-refractivity contribution >= 4 is 5.78 Å². The van der Waals surface area contributed by atoms with Crippen molar-refractivity contribution in [1.82, 2.24) is 9.97 Å². The number of carbonyl (C=O) groups is 1. The number of pyridine rings is 2. The second-order valence-electron chi connectivity index (χ2n) is 7.72. The van der Waals surface area contributed by atoms with Gasteiger partial charge in [0.2, 0.25) is 0 Å². The molecule has 0 amide bonds. The van der Waals surface area contributed by atoms with Crippen molar-refractivity contribution < 1.29 is 31.1 Å². The quantitative estimate of drug-likeness (QED) is 0.202. The van der Waals surface area contributed by atoms with Crippen LogP contribution in [0.5, 0.6) is 0 Å². The smallest absolute Gasteiger partial charge is 0.280 e. The first kappa shape index (κ1) is 26.0. The molecule has 5 nitrogen and oxygen atoms in total. The SMILES string of the molecule is N#Cc1c(F)cccc1-c1c(C(=O)c2ccnc(C(F)F)c2-c2cccc(F)c2C#N)ccnc1C(F)F. The van der Waals surface area contributed by atoms with Crippen molar-refractivity contribution in [2.75, 3.05) is 0 Å². The van der Waals surface area contributed by atoms with Crippen LogP contribution in [0.3, 0.4) is 0 Å². The summed E-state index contributed by atoms with van der Waals surface area (Å²) in [7, 11) is 0. The minimum atomic E-state index is -3.27. The number of hydrogen-bond donors (Lipinski definition) is 0. The molecule has 0 fully saturated rings. The number of rotatable bonds is 6. The monoisotopic (exact) mass is 522 g/mol. The largest absolute Gasteiger partial charge is 0.289 e. The van der Waals surface area contributed by atoms with Crippen molar-refractivity contribution in [3.05, 3.63) is 106 Å². The van der Waals surface area contributed by atoms with E-state index in [2.05, 4.69) is 9.97 Å². The van der Waals surface area contributed by atoms with Gasteiger partial charge >= 0.3 is 0 Å². The summed E-state index contributed by atoms with van der Waals surface area (Å²) in [5.74, 6) is -3.20. The summed E-state index contributed by atoms with van der Waals surface area (Å²) < 4.78 is 84.9. The fraction of sp³-hybridized carbons (Fsp3) is 0.0741. The van der Waals surface area contributed by atoms with E-state index in [0.717, 1.165) is 60.9 Å². The molecule has 0 unspecified atom stereocenters. The van der Waals surface area contributed by atoms with Crippen molar-refractivity contribution in [1.29, 1.82) is 10.5 Å². The molecule has 0 aliphatic carbocycles. The third kappa shape index (κ3) is 4.46. The number of carbonyl (C=O) groups excluding carboxylic acids is 1. The van der Waals surface area contributed by atoms with Crippen LogP contribution in [0.25, 0.3) is 22.3 Å². The molecule has 0 atom stereocenters. The van der Waals surface area contributed by atoms with Crippen LogP contribution in [0.15, 0.2) is 60.9 Å². The molecule has 11 heteroatoms. The van der Waals surface area contributed by atoms with Crippen LogP contribution in [0.1, 0.15) is 51.3 Å². The van der Waals surface area contributed by atoms with Gasteiger partial charge in [0, 0.05) is 45.8 Å². The molecule has 4 rings (SSSR count). The normalized spacial score (nSPS) is 10.9. The van der Waals surface area contributed by atoms with E-state index in [1.54, 1.807) is 12.1 Å². The predicted octanol–water partition coefficient (Wildman–Crippen LogP) is 6.94. The Kier molecular flexibility index (Phi) is 7.22. The van der Waals surface area contributed by atoms with Gasteiger partial charge in [-0.15, -0.1) is 0 Å². The fourth-order valence-electron chi connectivity index (χ4n) is 4.07. The Morgan fingerprint density at radius 2 is 1.08 bits per heavy atom. The molecular weight excluding hydrogens is 510 g/mol. The van der Waals surface area contributed by atoms with Gasteiger partial charge in [-0.2, -0.15) is 10.5 Å². The Morgan fingerprint density at radius 3 is 1.42 bits per heavy atom. The van der Waals surface area contributed by atoms with Gasteiger partial charge in [-0.3, -0.25) is 14.8 Å². The number of aromatic nitrogens is 2. The lowest BCUT2D eigenvalue weighted by atomic mass is 9.87. The van der Waals surface area contributed by atoms with Crippen LogP contribution in [0.2, 0.25) is 0 Å². The summed E-state index contributed by atoms with van der Waals surface area (Å²) in [5, 5.41) is 18.9. The number of alkyl halides is 4. The second-order valence-corrected chi connectivity index (χ2v) is 7.72. The molecule has 0 radical (unpaired) electrons. The molecule has 4 aromatic rings. The standard InChI is InChI=1S/C27H12F6N4O/c28-19-5-1-3-13(17(19)11-34)21-15(7-9-36-23(21)26(30)31)25(38)16-8-10-37-24(27(32)33)22(16)14-4-2-6-20(29)18(14)12-35/h1-10,26-27H. The van der Waals surface area contributed by atoms with E-state index in [1.807, 2.05) is 0 Å². The highest BCUT2D eigenvalue weighted by molar-refractivity contribution is 6.16. The van der Waals surface area contributed by atoms with Gasteiger partial charge in [0.25, 0.3) is 12.9 Å². The van der Waals surface area contributed by atoms with Crippen LogP contribution in [0.4, 0.5) is 26.3 Å². The third-order valence-electron chi connectivity index (χ3n) is 5.65. The zero-order valence-corrected chi connectivity index (χ0v) is 18.9.